The Labute approximate surface area is 69.2 Å². The Hall–Kier alpha value is -1.05. The van der Waals surface area contributed by atoms with Crippen molar-refractivity contribution in [2.24, 2.45) is 0 Å². The molecule has 0 radical (unpaired) electrons. The van der Waals surface area contributed by atoms with E-state index in [1.54, 1.807) is 0 Å². The van der Waals surface area contributed by atoms with E-state index in [1.807, 2.05) is 4.98 Å². The minimum Gasteiger partial charge on any atom is -0.299 e. The molecule has 0 saturated heterocycles. The molecule has 0 aliphatic heterocycles. The average Bonchev–Trinajstić information content (AvgIpc) is 1.97. The predicted octanol–water partition coefficient (Wildman–Crippen LogP) is -2.75. The molecule has 1 heterocycles. The molecule has 0 saturated carbocycles. The van der Waals surface area contributed by atoms with Crippen molar-refractivity contribution in [3.63, 3.8) is 0 Å². The zero-order valence-corrected chi connectivity index (χ0v) is 7.08. The van der Waals surface area contributed by atoms with Gasteiger partial charge >= 0.3 is 17.1 Å². The van der Waals surface area contributed by atoms with Crippen molar-refractivity contribution in [2.45, 2.75) is 0 Å². The molecule has 58 valence electrons. The fourth-order valence-corrected chi connectivity index (χ4v) is 0.856. The third-order valence-electron chi connectivity index (χ3n) is 1.15. The Morgan fingerprint density at radius 3 is 2.36 bits per heavy atom. The van der Waals surface area contributed by atoms with Gasteiger partial charge in [-0.2, -0.15) is 3.59 Å². The normalized spacial score (nSPS) is 9.91. The molecule has 0 bridgehead atoms. The van der Waals surface area contributed by atoms with Gasteiger partial charge in [-0.3, -0.25) is 9.46 Å². The second kappa shape index (κ2) is 2.53. The fraction of sp³-hybridized carbons (Fsp3) is 0. The van der Waals surface area contributed by atoms with E-state index in [1.165, 1.54) is 7.98 Å². The SMILES string of the molecule is Bn1c(=O)[nH]c(=O)n(Br)c1=O. The monoisotopic (exact) mass is 219 g/mol. The van der Waals surface area contributed by atoms with Crippen molar-refractivity contribution in [1.29, 1.82) is 0 Å². The molecule has 8 heteroatoms. The van der Waals surface area contributed by atoms with Crippen molar-refractivity contribution in [1.82, 2.24) is 13.1 Å². The molecule has 1 N–H and O–H groups in total. The van der Waals surface area contributed by atoms with Gasteiger partial charge < -0.3 is 0 Å². The number of aromatic amines is 1. The number of rotatable bonds is 0. The zero-order valence-electron chi connectivity index (χ0n) is 5.50. The minimum absolute atomic E-state index is 0.633. The predicted molar refractivity (Wildman–Crippen MR) is 43.8 cm³/mol. The molecule has 1 aromatic heterocycles. The maximum Gasteiger partial charge on any atom is 0.343 e. The molecule has 0 atom stereocenters. The largest absolute Gasteiger partial charge is 0.343 e. The van der Waals surface area contributed by atoms with Crippen molar-refractivity contribution < 1.29 is 0 Å². The second-order valence-electron chi connectivity index (χ2n) is 1.86. The lowest BCUT2D eigenvalue weighted by Crippen LogP contribution is -2.45. The van der Waals surface area contributed by atoms with E-state index in [2.05, 4.69) is 16.1 Å². The smallest absolute Gasteiger partial charge is 0.299 e. The number of hydrogen-bond acceptors (Lipinski definition) is 3. The lowest BCUT2D eigenvalue weighted by atomic mass is 10.4. The van der Waals surface area contributed by atoms with E-state index in [9.17, 15) is 14.4 Å². The van der Waals surface area contributed by atoms with Crippen LogP contribution in [0.25, 0.3) is 0 Å². The van der Waals surface area contributed by atoms with Crippen LogP contribution in [0.15, 0.2) is 14.4 Å². The zero-order chi connectivity index (χ0) is 8.59. The highest BCUT2D eigenvalue weighted by atomic mass is 79.9. The van der Waals surface area contributed by atoms with Gasteiger partial charge in [-0.25, -0.2) is 14.4 Å². The molecule has 6 nitrogen and oxygen atoms in total. The summed E-state index contributed by atoms with van der Waals surface area (Å²) >= 11 is 2.66. The topological polar surface area (TPSA) is 76.9 Å². The van der Waals surface area contributed by atoms with Crippen LogP contribution in [-0.2, 0) is 0 Å². The summed E-state index contributed by atoms with van der Waals surface area (Å²) in [5, 5.41) is 0. The van der Waals surface area contributed by atoms with Gasteiger partial charge in [0.1, 0.15) is 0 Å². The highest BCUT2D eigenvalue weighted by molar-refractivity contribution is 9.08. The van der Waals surface area contributed by atoms with Crippen LogP contribution in [0, 0.1) is 0 Å². The van der Waals surface area contributed by atoms with E-state index in [0.717, 1.165) is 4.48 Å². The van der Waals surface area contributed by atoms with Crippen molar-refractivity contribution in [3.05, 3.63) is 31.5 Å². The molecule has 0 aromatic carbocycles. The average molecular weight is 220 g/mol. The van der Waals surface area contributed by atoms with Crippen molar-refractivity contribution in [3.8, 4) is 0 Å². The van der Waals surface area contributed by atoms with E-state index in [0.29, 0.717) is 3.59 Å². The van der Waals surface area contributed by atoms with Crippen LogP contribution >= 0.6 is 16.1 Å². The summed E-state index contributed by atoms with van der Waals surface area (Å²) in [7, 11) is 1.26. The van der Waals surface area contributed by atoms with Crippen LogP contribution in [-0.4, -0.2) is 21.0 Å². The summed E-state index contributed by atoms with van der Waals surface area (Å²) in [6, 6.07) is 0. The lowest BCUT2D eigenvalue weighted by molar-refractivity contribution is 0.819. The van der Waals surface area contributed by atoms with Gasteiger partial charge in [-0.05, 0) is 0 Å². The maximum absolute atomic E-state index is 10.9. The second-order valence-corrected chi connectivity index (χ2v) is 2.57. The third kappa shape index (κ3) is 1.21. The van der Waals surface area contributed by atoms with Gasteiger partial charge in [0.25, 0.3) is 0 Å². The first-order valence-electron chi connectivity index (χ1n) is 2.62. The molecule has 1 rings (SSSR count). The van der Waals surface area contributed by atoms with Gasteiger partial charge in [0.15, 0.2) is 0 Å². The highest BCUT2D eigenvalue weighted by Crippen LogP contribution is 1.70. The summed E-state index contributed by atoms with van der Waals surface area (Å²) in [5.41, 5.74) is -2.22. The quantitative estimate of drug-likeness (QED) is 0.481. The first-order valence-corrected chi connectivity index (χ1v) is 3.33. The third-order valence-corrected chi connectivity index (χ3v) is 1.78. The maximum atomic E-state index is 10.9. The number of nitrogens with zero attached hydrogens (tertiary/aromatic N) is 2. The Bertz CT molecular complexity index is 405. The Morgan fingerprint density at radius 2 is 1.82 bits per heavy atom. The molecule has 0 aliphatic rings. The van der Waals surface area contributed by atoms with Gasteiger partial charge in [0, 0.05) is 0 Å². The van der Waals surface area contributed by atoms with Gasteiger partial charge in [0.05, 0.1) is 16.1 Å². The van der Waals surface area contributed by atoms with E-state index < -0.39 is 17.1 Å². The van der Waals surface area contributed by atoms with E-state index >= 15 is 0 Å². The van der Waals surface area contributed by atoms with Crippen LogP contribution in [0.1, 0.15) is 0 Å². The minimum atomic E-state index is -0.780. The van der Waals surface area contributed by atoms with Crippen LogP contribution in [0.2, 0.25) is 0 Å². The van der Waals surface area contributed by atoms with Crippen molar-refractivity contribution >= 4 is 24.1 Å². The Kier molecular flexibility index (Phi) is 1.86. The standard InChI is InChI=1S/C3H3BBrN3O3/c4-7-1(9)6-2(10)8(5)3(7)11/h4H2,(H,6,9,10). The molecule has 0 fully saturated rings. The lowest BCUT2D eigenvalue weighted by Gasteiger charge is -1.95. The molecule has 0 aliphatic carbocycles. The van der Waals surface area contributed by atoms with Gasteiger partial charge in [-0.1, -0.05) is 0 Å². The van der Waals surface area contributed by atoms with Crippen LogP contribution in [0.5, 0.6) is 0 Å². The number of aromatic nitrogens is 3. The number of nitrogens with one attached hydrogen (secondary N) is 1. The molecular weight excluding hydrogens is 217 g/mol. The molecule has 0 amide bonds. The Balaban J connectivity index is 3.89. The van der Waals surface area contributed by atoms with Crippen LogP contribution in [0.3, 0.4) is 0 Å². The summed E-state index contributed by atoms with van der Waals surface area (Å²) in [6.07, 6.45) is 0. The van der Waals surface area contributed by atoms with Crippen LogP contribution in [0.4, 0.5) is 0 Å². The fourth-order valence-electron chi connectivity index (χ4n) is 0.530. The first-order chi connectivity index (χ1) is 5.04. The number of hydrogen-bond donors (Lipinski definition) is 1. The Morgan fingerprint density at radius 1 is 1.27 bits per heavy atom. The molecule has 11 heavy (non-hydrogen) atoms. The number of H-pyrrole nitrogens is 1. The van der Waals surface area contributed by atoms with Gasteiger partial charge in [0.2, 0.25) is 7.98 Å². The molecular formula is C3H3BBrN3O3. The summed E-state index contributed by atoms with van der Waals surface area (Å²) in [4.78, 5) is 34.1. The summed E-state index contributed by atoms with van der Waals surface area (Å²) in [6.45, 7) is 0. The molecule has 0 unspecified atom stereocenters. The molecule has 1 aromatic rings. The summed E-state index contributed by atoms with van der Waals surface area (Å²) in [5.74, 6) is 0. The van der Waals surface area contributed by atoms with Gasteiger partial charge in [-0.15, -0.1) is 0 Å². The number of halogens is 1. The summed E-state index contributed by atoms with van der Waals surface area (Å²) < 4.78 is 1.41. The van der Waals surface area contributed by atoms with E-state index in [-0.39, 0.29) is 0 Å². The van der Waals surface area contributed by atoms with Crippen molar-refractivity contribution in [2.75, 3.05) is 0 Å². The highest BCUT2D eigenvalue weighted by Gasteiger charge is 2.01. The van der Waals surface area contributed by atoms with Crippen LogP contribution < -0.4 is 17.1 Å². The first kappa shape index (κ1) is 8.06. The molecule has 0 spiro atoms. The van der Waals surface area contributed by atoms with E-state index in [4.69, 9.17) is 0 Å².